The molecule has 0 aromatic rings. The topological polar surface area (TPSA) is 29.3 Å². The Bertz CT molecular complexity index is 93.6. The Morgan fingerprint density at radius 3 is 2.27 bits per heavy atom. The summed E-state index contributed by atoms with van der Waals surface area (Å²) in [4.78, 5) is 2.33. The van der Waals surface area contributed by atoms with Crippen molar-refractivity contribution in [1.29, 1.82) is 0 Å². The normalized spacial score (nSPS) is 16.9. The molecule has 0 rings (SSSR count). The van der Waals surface area contributed by atoms with E-state index in [-0.39, 0.29) is 0 Å². The van der Waals surface area contributed by atoms with E-state index in [2.05, 4.69) is 32.7 Å². The Balaban J connectivity index is 3.70. The quantitative estimate of drug-likeness (QED) is 0.656. The van der Waals surface area contributed by atoms with Crippen LogP contribution in [0.1, 0.15) is 33.6 Å². The molecule has 0 saturated heterocycles. The van der Waals surface area contributed by atoms with Gasteiger partial charge >= 0.3 is 0 Å². The van der Waals surface area contributed by atoms with Crippen molar-refractivity contribution < 1.29 is 0 Å². The fourth-order valence-corrected chi connectivity index (χ4v) is 1.22. The highest BCUT2D eigenvalue weighted by atomic mass is 15.1. The van der Waals surface area contributed by atoms with Crippen LogP contribution in [-0.4, -0.2) is 30.6 Å². The predicted molar refractivity (Wildman–Crippen MR) is 50.6 cm³/mol. The standard InChI is InChI=1S/C9H22N2/c1-5-7-11(4)8(3)9(10)6-2/h8-9H,5-7,10H2,1-4H3. The first kappa shape index (κ1) is 10.9. The van der Waals surface area contributed by atoms with Gasteiger partial charge in [0.15, 0.2) is 0 Å². The van der Waals surface area contributed by atoms with Crippen molar-refractivity contribution in [2.45, 2.75) is 45.7 Å². The van der Waals surface area contributed by atoms with E-state index in [0.29, 0.717) is 12.1 Å². The first-order valence-electron chi connectivity index (χ1n) is 4.59. The van der Waals surface area contributed by atoms with Gasteiger partial charge in [-0.05, 0) is 33.4 Å². The summed E-state index contributed by atoms with van der Waals surface area (Å²) < 4.78 is 0. The Hall–Kier alpha value is -0.0800. The number of nitrogens with two attached hydrogens (primary N) is 1. The van der Waals surface area contributed by atoms with E-state index >= 15 is 0 Å². The smallest absolute Gasteiger partial charge is 0.0215 e. The predicted octanol–water partition coefficient (Wildman–Crippen LogP) is 1.45. The minimum Gasteiger partial charge on any atom is -0.326 e. The second-order valence-corrected chi connectivity index (χ2v) is 3.29. The average molecular weight is 158 g/mol. The van der Waals surface area contributed by atoms with Crippen LogP contribution in [0.4, 0.5) is 0 Å². The molecular formula is C9H22N2. The van der Waals surface area contributed by atoms with Crippen LogP contribution in [0.15, 0.2) is 0 Å². The van der Waals surface area contributed by atoms with Gasteiger partial charge in [-0.15, -0.1) is 0 Å². The van der Waals surface area contributed by atoms with Crippen molar-refractivity contribution in [3.63, 3.8) is 0 Å². The molecule has 0 amide bonds. The Morgan fingerprint density at radius 1 is 1.36 bits per heavy atom. The molecule has 0 aromatic carbocycles. The summed E-state index contributed by atoms with van der Waals surface area (Å²) in [7, 11) is 2.14. The van der Waals surface area contributed by atoms with Crippen molar-refractivity contribution in [3.8, 4) is 0 Å². The van der Waals surface area contributed by atoms with E-state index in [1.54, 1.807) is 0 Å². The van der Waals surface area contributed by atoms with Gasteiger partial charge < -0.3 is 10.6 Å². The van der Waals surface area contributed by atoms with Crippen LogP contribution in [-0.2, 0) is 0 Å². The Kier molecular flexibility index (Phi) is 5.51. The van der Waals surface area contributed by atoms with Crippen molar-refractivity contribution in [2.75, 3.05) is 13.6 Å². The van der Waals surface area contributed by atoms with E-state index in [0.717, 1.165) is 13.0 Å². The van der Waals surface area contributed by atoms with Crippen LogP contribution in [0, 0.1) is 0 Å². The minimum absolute atomic E-state index is 0.326. The van der Waals surface area contributed by atoms with Crippen LogP contribution in [0.2, 0.25) is 0 Å². The van der Waals surface area contributed by atoms with Crippen LogP contribution >= 0.6 is 0 Å². The fourth-order valence-electron chi connectivity index (χ4n) is 1.22. The van der Waals surface area contributed by atoms with Gasteiger partial charge in [-0.25, -0.2) is 0 Å². The van der Waals surface area contributed by atoms with Gasteiger partial charge in [0.25, 0.3) is 0 Å². The maximum atomic E-state index is 5.91. The zero-order valence-corrected chi connectivity index (χ0v) is 8.30. The van der Waals surface area contributed by atoms with Crippen LogP contribution in [0.5, 0.6) is 0 Å². The van der Waals surface area contributed by atoms with Crippen molar-refractivity contribution >= 4 is 0 Å². The second kappa shape index (κ2) is 5.56. The third-order valence-electron chi connectivity index (χ3n) is 2.36. The molecule has 0 saturated carbocycles. The molecular weight excluding hydrogens is 136 g/mol. The van der Waals surface area contributed by atoms with Crippen molar-refractivity contribution in [3.05, 3.63) is 0 Å². The van der Waals surface area contributed by atoms with Crippen molar-refractivity contribution in [1.82, 2.24) is 4.90 Å². The summed E-state index contributed by atoms with van der Waals surface area (Å²) in [5, 5.41) is 0. The lowest BCUT2D eigenvalue weighted by Crippen LogP contribution is -2.43. The molecule has 0 radical (unpaired) electrons. The molecule has 68 valence electrons. The van der Waals surface area contributed by atoms with Gasteiger partial charge in [0.1, 0.15) is 0 Å². The van der Waals surface area contributed by atoms with E-state index in [9.17, 15) is 0 Å². The number of likely N-dealkylation sites (N-methyl/N-ethyl adjacent to an activating group) is 1. The van der Waals surface area contributed by atoms with Gasteiger partial charge in [0, 0.05) is 12.1 Å². The molecule has 2 unspecified atom stereocenters. The first-order chi connectivity index (χ1) is 5.13. The molecule has 0 fully saturated rings. The molecule has 2 atom stereocenters. The summed E-state index contributed by atoms with van der Waals surface area (Å²) in [6.07, 6.45) is 2.27. The van der Waals surface area contributed by atoms with Gasteiger partial charge in [-0.3, -0.25) is 0 Å². The highest BCUT2D eigenvalue weighted by Gasteiger charge is 2.14. The summed E-state index contributed by atoms with van der Waals surface area (Å²) >= 11 is 0. The SMILES string of the molecule is CCCN(C)C(C)C(N)CC. The number of rotatable bonds is 5. The molecule has 0 aliphatic heterocycles. The molecule has 0 aliphatic rings. The van der Waals surface area contributed by atoms with Crippen molar-refractivity contribution in [2.24, 2.45) is 5.73 Å². The van der Waals surface area contributed by atoms with Crippen LogP contribution < -0.4 is 5.73 Å². The average Bonchev–Trinajstić information content (AvgIpc) is 2.02. The lowest BCUT2D eigenvalue weighted by molar-refractivity contribution is 0.224. The molecule has 0 bridgehead atoms. The molecule has 2 nitrogen and oxygen atoms in total. The minimum atomic E-state index is 0.326. The monoisotopic (exact) mass is 158 g/mol. The highest BCUT2D eigenvalue weighted by Crippen LogP contribution is 2.03. The third-order valence-corrected chi connectivity index (χ3v) is 2.36. The number of nitrogens with zero attached hydrogens (tertiary/aromatic N) is 1. The van der Waals surface area contributed by atoms with E-state index in [1.165, 1.54) is 6.42 Å². The molecule has 11 heavy (non-hydrogen) atoms. The van der Waals surface area contributed by atoms with Gasteiger partial charge in [0.2, 0.25) is 0 Å². The Morgan fingerprint density at radius 2 is 1.91 bits per heavy atom. The van der Waals surface area contributed by atoms with Crippen LogP contribution in [0.25, 0.3) is 0 Å². The Labute approximate surface area is 70.8 Å². The second-order valence-electron chi connectivity index (χ2n) is 3.29. The number of hydrogen-bond donors (Lipinski definition) is 1. The largest absolute Gasteiger partial charge is 0.326 e. The van der Waals surface area contributed by atoms with E-state index in [4.69, 9.17) is 5.73 Å². The van der Waals surface area contributed by atoms with E-state index in [1.807, 2.05) is 0 Å². The molecule has 0 aromatic heterocycles. The zero-order chi connectivity index (χ0) is 8.85. The summed E-state index contributed by atoms with van der Waals surface area (Å²) in [6, 6.07) is 0.839. The third kappa shape index (κ3) is 3.73. The van der Waals surface area contributed by atoms with Gasteiger partial charge in [-0.2, -0.15) is 0 Å². The zero-order valence-electron chi connectivity index (χ0n) is 8.30. The summed E-state index contributed by atoms with van der Waals surface area (Å²) in [5.41, 5.74) is 5.91. The molecule has 0 spiro atoms. The lowest BCUT2D eigenvalue weighted by atomic mass is 10.1. The summed E-state index contributed by atoms with van der Waals surface area (Å²) in [5.74, 6) is 0. The maximum Gasteiger partial charge on any atom is 0.0215 e. The van der Waals surface area contributed by atoms with Crippen LogP contribution in [0.3, 0.4) is 0 Å². The van der Waals surface area contributed by atoms with E-state index < -0.39 is 0 Å². The molecule has 2 heteroatoms. The fraction of sp³-hybridized carbons (Fsp3) is 1.00. The lowest BCUT2D eigenvalue weighted by Gasteiger charge is -2.28. The van der Waals surface area contributed by atoms with Gasteiger partial charge in [0.05, 0.1) is 0 Å². The first-order valence-corrected chi connectivity index (χ1v) is 4.59. The molecule has 0 heterocycles. The maximum absolute atomic E-state index is 5.91. The number of hydrogen-bond acceptors (Lipinski definition) is 2. The highest BCUT2D eigenvalue weighted by molar-refractivity contribution is 4.74. The molecule has 0 aliphatic carbocycles. The van der Waals surface area contributed by atoms with Gasteiger partial charge in [-0.1, -0.05) is 13.8 Å². The summed E-state index contributed by atoms with van der Waals surface area (Å²) in [6.45, 7) is 7.68. The molecule has 2 N–H and O–H groups in total.